The highest BCUT2D eigenvalue weighted by Gasteiger charge is 2.61. The van der Waals surface area contributed by atoms with Gasteiger partial charge in [0, 0.05) is 11.8 Å². The van der Waals surface area contributed by atoms with Crippen molar-refractivity contribution in [3.05, 3.63) is 60.7 Å². The van der Waals surface area contributed by atoms with E-state index in [-0.39, 0.29) is 10.8 Å². The van der Waals surface area contributed by atoms with Crippen LogP contribution in [0.4, 0.5) is 0 Å². The summed E-state index contributed by atoms with van der Waals surface area (Å²) < 4.78 is 0. The fourth-order valence-electron chi connectivity index (χ4n) is 5.57. The molecule has 27 heavy (non-hydrogen) atoms. The molecule has 1 heteroatoms. The van der Waals surface area contributed by atoms with E-state index in [0.717, 1.165) is 12.8 Å². The van der Waals surface area contributed by atoms with Crippen molar-refractivity contribution in [2.24, 2.45) is 16.7 Å². The molecule has 0 amide bonds. The molecule has 0 heterocycles. The topological polar surface area (TPSA) is 17.1 Å². The van der Waals surface area contributed by atoms with Crippen molar-refractivity contribution >= 4 is 38.1 Å². The number of hydrogen-bond donors (Lipinski definition) is 0. The van der Waals surface area contributed by atoms with Gasteiger partial charge in [0.25, 0.3) is 0 Å². The minimum absolute atomic E-state index is 0.0255. The lowest BCUT2D eigenvalue weighted by atomic mass is 9.70. The smallest absolute Gasteiger partial charge is 0.139 e. The van der Waals surface area contributed by atoms with Gasteiger partial charge in [-0.3, -0.25) is 4.79 Å². The van der Waals surface area contributed by atoms with Crippen LogP contribution in [0.25, 0.3) is 32.3 Å². The first kappa shape index (κ1) is 16.7. The van der Waals surface area contributed by atoms with Crippen LogP contribution < -0.4 is 0 Å². The minimum Gasteiger partial charge on any atom is -0.299 e. The van der Waals surface area contributed by atoms with Gasteiger partial charge >= 0.3 is 0 Å². The predicted octanol–water partition coefficient (Wildman–Crippen LogP) is 6.99. The van der Waals surface area contributed by atoms with Crippen molar-refractivity contribution < 1.29 is 4.79 Å². The summed E-state index contributed by atoms with van der Waals surface area (Å²) in [5, 5.41) is 8.14. The summed E-state index contributed by atoms with van der Waals surface area (Å²) in [5.41, 5.74) is 0.307. The molecule has 2 atom stereocenters. The molecule has 0 radical (unpaired) electrons. The van der Waals surface area contributed by atoms with Crippen LogP contribution in [0.1, 0.15) is 40.0 Å². The number of benzene rings is 4. The lowest BCUT2D eigenvalue weighted by Crippen LogP contribution is -2.32. The summed E-state index contributed by atoms with van der Waals surface area (Å²) in [7, 11) is 0. The third kappa shape index (κ3) is 2.21. The molecule has 2 unspecified atom stereocenters. The van der Waals surface area contributed by atoms with E-state index in [9.17, 15) is 4.79 Å². The number of fused-ring (bicyclic) bond motifs is 2. The Hall–Kier alpha value is -2.41. The summed E-state index contributed by atoms with van der Waals surface area (Å²) >= 11 is 0. The molecular weight excluding hydrogens is 328 g/mol. The van der Waals surface area contributed by atoms with Crippen LogP contribution >= 0.6 is 0 Å². The monoisotopic (exact) mass is 354 g/mol. The first-order chi connectivity index (χ1) is 12.9. The second kappa shape index (κ2) is 5.55. The third-order valence-corrected chi connectivity index (χ3v) is 7.88. The number of ketones is 1. The Kier molecular flexibility index (Phi) is 3.44. The largest absolute Gasteiger partial charge is 0.299 e. The zero-order valence-corrected chi connectivity index (χ0v) is 16.4. The van der Waals surface area contributed by atoms with Gasteiger partial charge < -0.3 is 0 Å². The maximum Gasteiger partial charge on any atom is 0.139 e. The number of hydrogen-bond acceptors (Lipinski definition) is 1. The Labute approximate surface area is 160 Å². The molecule has 0 N–H and O–H groups in total. The van der Waals surface area contributed by atoms with Gasteiger partial charge in [-0.05, 0) is 56.5 Å². The summed E-state index contributed by atoms with van der Waals surface area (Å²) in [6.07, 6.45) is 3.25. The number of carbonyl (C=O) groups excluding carboxylic acids is 1. The highest BCUT2D eigenvalue weighted by molar-refractivity contribution is 6.22. The average Bonchev–Trinajstić information content (AvgIpc) is 3.00. The maximum atomic E-state index is 11.6. The number of carbonyl (C=O) groups is 1. The van der Waals surface area contributed by atoms with Crippen molar-refractivity contribution in [2.75, 3.05) is 0 Å². The molecule has 2 saturated carbocycles. The zero-order valence-electron chi connectivity index (χ0n) is 16.4. The molecule has 1 nitrogen and oxygen atoms in total. The molecule has 0 aromatic heterocycles. The van der Waals surface area contributed by atoms with Crippen molar-refractivity contribution in [3.63, 3.8) is 0 Å². The van der Waals surface area contributed by atoms with E-state index in [1.807, 2.05) is 0 Å². The van der Waals surface area contributed by atoms with Crippen LogP contribution in [0.3, 0.4) is 0 Å². The molecule has 2 fully saturated rings. The van der Waals surface area contributed by atoms with Gasteiger partial charge in [0.2, 0.25) is 0 Å². The molecule has 0 aliphatic heterocycles. The van der Waals surface area contributed by atoms with E-state index in [1.165, 1.54) is 38.7 Å². The van der Waals surface area contributed by atoms with Crippen LogP contribution in [0.2, 0.25) is 0 Å². The molecular formula is C26H26O. The van der Waals surface area contributed by atoms with E-state index < -0.39 is 0 Å². The summed E-state index contributed by atoms with van der Waals surface area (Å²) in [6.45, 7) is 6.67. The fraction of sp³-hybridized carbons (Fsp3) is 0.346. The van der Waals surface area contributed by atoms with E-state index in [4.69, 9.17) is 0 Å². The van der Waals surface area contributed by atoms with Crippen molar-refractivity contribution in [2.45, 2.75) is 40.0 Å². The van der Waals surface area contributed by atoms with Crippen molar-refractivity contribution in [3.8, 4) is 0 Å². The maximum absolute atomic E-state index is 11.6. The molecule has 2 aliphatic carbocycles. The minimum atomic E-state index is 0.0255. The van der Waals surface area contributed by atoms with Crippen LogP contribution in [-0.4, -0.2) is 5.78 Å². The van der Waals surface area contributed by atoms with Crippen molar-refractivity contribution in [1.82, 2.24) is 0 Å². The molecule has 4 aromatic rings. The second-order valence-electron chi connectivity index (χ2n) is 9.21. The highest BCUT2D eigenvalue weighted by atomic mass is 16.1. The third-order valence-electron chi connectivity index (χ3n) is 7.88. The Morgan fingerprint density at radius 1 is 0.741 bits per heavy atom. The van der Waals surface area contributed by atoms with Gasteiger partial charge in [-0.25, -0.2) is 0 Å². The molecule has 2 aliphatic rings. The second-order valence-corrected chi connectivity index (χ2v) is 9.21. The van der Waals surface area contributed by atoms with E-state index in [2.05, 4.69) is 81.4 Å². The standard InChI is InChI=1S/C16H10.C10H16O/c1-3-11-7-9-13-5-2-6-14-10-8-12(4-1)15(11)16(13)14;1-9(2)7-4-5-10(9,3)8(11)6-7/h1-10H;7H,4-6H2,1-3H3. The highest BCUT2D eigenvalue weighted by Crippen LogP contribution is 2.63. The Morgan fingerprint density at radius 2 is 1.19 bits per heavy atom. The lowest BCUT2D eigenvalue weighted by molar-refractivity contribution is -0.128. The molecule has 0 saturated heterocycles. The first-order valence-corrected chi connectivity index (χ1v) is 10.1. The Morgan fingerprint density at radius 3 is 1.44 bits per heavy atom. The van der Waals surface area contributed by atoms with Crippen LogP contribution in [0.5, 0.6) is 0 Å². The van der Waals surface area contributed by atoms with Gasteiger partial charge in [0.15, 0.2) is 0 Å². The summed E-state index contributed by atoms with van der Waals surface area (Å²) in [6, 6.07) is 21.9. The molecule has 2 bridgehead atoms. The zero-order chi connectivity index (χ0) is 18.8. The summed E-state index contributed by atoms with van der Waals surface area (Å²) in [4.78, 5) is 11.6. The van der Waals surface area contributed by atoms with Gasteiger partial charge in [-0.2, -0.15) is 0 Å². The van der Waals surface area contributed by atoms with Crippen molar-refractivity contribution in [1.29, 1.82) is 0 Å². The van der Waals surface area contributed by atoms with Gasteiger partial charge in [-0.15, -0.1) is 0 Å². The van der Waals surface area contributed by atoms with Crippen LogP contribution in [-0.2, 0) is 4.79 Å². The SMILES string of the molecule is CC12CCC(CC1=O)C2(C)C.c1cc2ccc3cccc4ccc(c1)c2c34. The molecule has 136 valence electrons. The van der Waals surface area contributed by atoms with E-state index in [0.29, 0.717) is 11.7 Å². The van der Waals surface area contributed by atoms with E-state index in [1.54, 1.807) is 0 Å². The van der Waals surface area contributed by atoms with Crippen LogP contribution in [0.15, 0.2) is 60.7 Å². The Balaban J connectivity index is 0.000000128. The first-order valence-electron chi connectivity index (χ1n) is 10.1. The molecule has 6 rings (SSSR count). The lowest BCUT2D eigenvalue weighted by Gasteiger charge is -2.32. The summed E-state index contributed by atoms with van der Waals surface area (Å²) in [5.74, 6) is 1.19. The van der Waals surface area contributed by atoms with Gasteiger partial charge in [0.05, 0.1) is 0 Å². The van der Waals surface area contributed by atoms with Gasteiger partial charge in [0.1, 0.15) is 5.78 Å². The van der Waals surface area contributed by atoms with E-state index >= 15 is 0 Å². The fourth-order valence-corrected chi connectivity index (χ4v) is 5.57. The quantitative estimate of drug-likeness (QED) is 0.311. The average molecular weight is 354 g/mol. The number of rotatable bonds is 0. The normalized spacial score (nSPS) is 26.0. The Bertz CT molecular complexity index is 1040. The predicted molar refractivity (Wildman–Crippen MR) is 114 cm³/mol. The molecule has 4 aromatic carbocycles. The van der Waals surface area contributed by atoms with Crippen LogP contribution in [0, 0.1) is 16.7 Å². The molecule has 0 spiro atoms. The number of Topliss-reactive ketones (excluding diaryl/α,β-unsaturated/α-hetero) is 1. The van der Waals surface area contributed by atoms with Gasteiger partial charge in [-0.1, -0.05) is 81.4 Å².